The number of carbonyl (C=O) groups excluding carboxylic acids is 1. The Labute approximate surface area is 75.6 Å². The quantitative estimate of drug-likeness (QED) is 0.705. The number of hydrogen-bond donors (Lipinski definition) is 1. The van der Waals surface area contributed by atoms with E-state index in [2.05, 4.69) is 4.98 Å². The first-order chi connectivity index (χ1) is 5.70. The summed E-state index contributed by atoms with van der Waals surface area (Å²) in [6.07, 6.45) is 3.77. The molecule has 0 aliphatic heterocycles. The molecule has 64 valence electrons. The van der Waals surface area contributed by atoms with Crippen molar-refractivity contribution in [2.24, 2.45) is 5.73 Å². The van der Waals surface area contributed by atoms with Gasteiger partial charge in [0, 0.05) is 12.4 Å². The molecule has 0 saturated heterocycles. The van der Waals surface area contributed by atoms with Gasteiger partial charge >= 0.3 is 0 Å². The summed E-state index contributed by atoms with van der Waals surface area (Å²) in [5.74, 6) is 0. The van der Waals surface area contributed by atoms with Crippen LogP contribution in [-0.2, 0) is 11.2 Å². The topological polar surface area (TPSA) is 56.0 Å². The summed E-state index contributed by atoms with van der Waals surface area (Å²) in [7, 11) is 0. The van der Waals surface area contributed by atoms with Gasteiger partial charge in [0.2, 0.25) is 5.24 Å². The molecule has 1 aromatic heterocycles. The summed E-state index contributed by atoms with van der Waals surface area (Å²) in [5, 5.41) is -0.515. The SMILES string of the molecule is N[C@@H](Cc1cccnc1)C(=O)Cl. The van der Waals surface area contributed by atoms with E-state index >= 15 is 0 Å². The molecule has 1 atom stereocenters. The van der Waals surface area contributed by atoms with Crippen molar-refractivity contribution < 1.29 is 4.79 Å². The highest BCUT2D eigenvalue weighted by Crippen LogP contribution is 2.01. The van der Waals surface area contributed by atoms with Gasteiger partial charge in [-0.2, -0.15) is 0 Å². The fourth-order valence-electron chi connectivity index (χ4n) is 0.853. The molecule has 0 spiro atoms. The molecule has 0 radical (unpaired) electrons. The lowest BCUT2D eigenvalue weighted by molar-refractivity contribution is -0.112. The summed E-state index contributed by atoms with van der Waals surface area (Å²) in [6.45, 7) is 0. The Hall–Kier alpha value is -0.930. The van der Waals surface area contributed by atoms with Gasteiger partial charge in [-0.3, -0.25) is 9.78 Å². The summed E-state index contributed by atoms with van der Waals surface area (Å²) in [4.78, 5) is 14.5. The lowest BCUT2D eigenvalue weighted by atomic mass is 10.1. The molecule has 2 N–H and O–H groups in total. The van der Waals surface area contributed by atoms with Crippen molar-refractivity contribution in [3.8, 4) is 0 Å². The summed E-state index contributed by atoms with van der Waals surface area (Å²) < 4.78 is 0. The molecule has 4 heteroatoms. The Kier molecular flexibility index (Phi) is 3.19. The second-order valence-electron chi connectivity index (χ2n) is 2.48. The largest absolute Gasteiger partial charge is 0.320 e. The van der Waals surface area contributed by atoms with Gasteiger partial charge in [0.15, 0.2) is 0 Å². The number of nitrogens with zero attached hydrogens (tertiary/aromatic N) is 1. The standard InChI is InChI=1S/C8H9ClN2O/c9-8(12)7(10)4-6-2-1-3-11-5-6/h1-3,5,7H,4,10H2/t7-/m0/s1. The third-order valence-corrected chi connectivity index (χ3v) is 1.75. The third kappa shape index (κ3) is 2.60. The lowest BCUT2D eigenvalue weighted by Crippen LogP contribution is -2.29. The first-order valence-electron chi connectivity index (χ1n) is 3.54. The smallest absolute Gasteiger partial charge is 0.238 e. The van der Waals surface area contributed by atoms with E-state index in [9.17, 15) is 4.79 Å². The Morgan fingerprint density at radius 2 is 2.50 bits per heavy atom. The molecule has 0 bridgehead atoms. The van der Waals surface area contributed by atoms with Crippen LogP contribution >= 0.6 is 11.6 Å². The van der Waals surface area contributed by atoms with Crippen LogP contribution in [0.2, 0.25) is 0 Å². The van der Waals surface area contributed by atoms with Gasteiger partial charge < -0.3 is 5.73 Å². The van der Waals surface area contributed by atoms with Crippen LogP contribution in [0.3, 0.4) is 0 Å². The number of nitrogens with two attached hydrogens (primary N) is 1. The van der Waals surface area contributed by atoms with E-state index in [1.807, 2.05) is 6.07 Å². The average molecular weight is 185 g/mol. The second kappa shape index (κ2) is 4.18. The minimum atomic E-state index is -0.629. The van der Waals surface area contributed by atoms with Gasteiger partial charge in [-0.25, -0.2) is 0 Å². The van der Waals surface area contributed by atoms with Crippen molar-refractivity contribution in [3.63, 3.8) is 0 Å². The van der Waals surface area contributed by atoms with Gasteiger partial charge in [0.1, 0.15) is 0 Å². The lowest BCUT2D eigenvalue weighted by Gasteiger charge is -2.04. The van der Waals surface area contributed by atoms with E-state index in [4.69, 9.17) is 17.3 Å². The third-order valence-electron chi connectivity index (χ3n) is 1.47. The number of hydrogen-bond acceptors (Lipinski definition) is 3. The van der Waals surface area contributed by atoms with Crippen molar-refractivity contribution in [2.45, 2.75) is 12.5 Å². The summed E-state index contributed by atoms with van der Waals surface area (Å²) >= 11 is 5.19. The second-order valence-corrected chi connectivity index (χ2v) is 2.85. The van der Waals surface area contributed by atoms with Gasteiger partial charge in [-0.05, 0) is 29.7 Å². The Balaban J connectivity index is 2.58. The minimum Gasteiger partial charge on any atom is -0.320 e. The maximum Gasteiger partial charge on any atom is 0.238 e. The molecule has 0 unspecified atom stereocenters. The highest BCUT2D eigenvalue weighted by atomic mass is 35.5. The zero-order valence-corrected chi connectivity index (χ0v) is 7.16. The highest BCUT2D eigenvalue weighted by molar-refractivity contribution is 6.64. The van der Waals surface area contributed by atoms with E-state index in [1.54, 1.807) is 18.5 Å². The zero-order chi connectivity index (χ0) is 8.97. The van der Waals surface area contributed by atoms with Crippen molar-refractivity contribution in [3.05, 3.63) is 30.1 Å². The molecule has 0 saturated carbocycles. The van der Waals surface area contributed by atoms with Crippen LogP contribution in [0.25, 0.3) is 0 Å². The molecule has 0 fully saturated rings. The molecule has 3 nitrogen and oxygen atoms in total. The predicted octanol–water partition coefficient (Wildman–Crippen LogP) is 0.717. The van der Waals surface area contributed by atoms with E-state index < -0.39 is 11.3 Å². The van der Waals surface area contributed by atoms with Crippen LogP contribution in [-0.4, -0.2) is 16.3 Å². The van der Waals surface area contributed by atoms with Gasteiger partial charge in [-0.15, -0.1) is 0 Å². The zero-order valence-electron chi connectivity index (χ0n) is 6.40. The summed E-state index contributed by atoms with van der Waals surface area (Å²) in [6, 6.07) is 3.02. The highest BCUT2D eigenvalue weighted by Gasteiger charge is 2.10. The van der Waals surface area contributed by atoms with Gasteiger partial charge in [-0.1, -0.05) is 6.07 Å². The molecule has 1 heterocycles. The minimum absolute atomic E-state index is 0.441. The van der Waals surface area contributed by atoms with Crippen LogP contribution in [0, 0.1) is 0 Å². The van der Waals surface area contributed by atoms with Gasteiger partial charge in [0.05, 0.1) is 6.04 Å². The van der Waals surface area contributed by atoms with Gasteiger partial charge in [0.25, 0.3) is 0 Å². The molecule has 12 heavy (non-hydrogen) atoms. The molecule has 1 aromatic rings. The number of pyridine rings is 1. The first kappa shape index (κ1) is 9.16. The Bertz CT molecular complexity index is 263. The molecular weight excluding hydrogens is 176 g/mol. The van der Waals surface area contributed by atoms with Crippen LogP contribution in [0.4, 0.5) is 0 Å². The number of aromatic nitrogens is 1. The average Bonchev–Trinajstić information content (AvgIpc) is 2.06. The molecule has 0 aliphatic carbocycles. The van der Waals surface area contributed by atoms with Crippen molar-refractivity contribution in [2.75, 3.05) is 0 Å². The number of halogens is 1. The molecule has 1 rings (SSSR count). The van der Waals surface area contributed by atoms with Crippen LogP contribution in [0.5, 0.6) is 0 Å². The first-order valence-corrected chi connectivity index (χ1v) is 3.92. The van der Waals surface area contributed by atoms with E-state index in [1.165, 1.54) is 0 Å². The number of carbonyl (C=O) groups is 1. The number of rotatable bonds is 3. The van der Waals surface area contributed by atoms with Crippen LogP contribution in [0.1, 0.15) is 5.56 Å². The molecule has 0 aliphatic rings. The van der Waals surface area contributed by atoms with E-state index in [0.717, 1.165) is 5.56 Å². The maximum atomic E-state index is 10.6. The normalized spacial score (nSPS) is 12.5. The van der Waals surface area contributed by atoms with E-state index in [-0.39, 0.29) is 0 Å². The molecule has 0 amide bonds. The van der Waals surface area contributed by atoms with Crippen LogP contribution < -0.4 is 5.73 Å². The Morgan fingerprint density at radius 1 is 1.75 bits per heavy atom. The molecule has 0 aromatic carbocycles. The van der Waals surface area contributed by atoms with Crippen molar-refractivity contribution >= 4 is 16.8 Å². The van der Waals surface area contributed by atoms with E-state index in [0.29, 0.717) is 6.42 Å². The predicted molar refractivity (Wildman–Crippen MR) is 46.8 cm³/mol. The molecular formula is C8H9ClN2O. The van der Waals surface area contributed by atoms with Crippen LogP contribution in [0.15, 0.2) is 24.5 Å². The monoisotopic (exact) mass is 184 g/mol. The summed E-state index contributed by atoms with van der Waals surface area (Å²) in [5.41, 5.74) is 6.35. The fraction of sp³-hybridized carbons (Fsp3) is 0.250. The van der Waals surface area contributed by atoms with Crippen molar-refractivity contribution in [1.29, 1.82) is 0 Å². The maximum absolute atomic E-state index is 10.6. The van der Waals surface area contributed by atoms with Crippen molar-refractivity contribution in [1.82, 2.24) is 4.98 Å². The Morgan fingerprint density at radius 3 is 3.00 bits per heavy atom. The fourth-order valence-corrected chi connectivity index (χ4v) is 0.930.